The smallest absolute Gasteiger partial charge is 0.149 e. The molecule has 0 fully saturated rings. The van der Waals surface area contributed by atoms with E-state index in [1.54, 1.807) is 12.4 Å². The molecule has 0 spiro atoms. The summed E-state index contributed by atoms with van der Waals surface area (Å²) < 4.78 is 0. The summed E-state index contributed by atoms with van der Waals surface area (Å²) in [4.78, 5) is 8.77. The third-order valence-corrected chi connectivity index (χ3v) is 2.86. The minimum atomic E-state index is 0.705. The van der Waals surface area contributed by atoms with Crippen molar-refractivity contribution in [3.05, 3.63) is 67.0 Å². The zero-order chi connectivity index (χ0) is 13.8. The van der Waals surface area contributed by atoms with Gasteiger partial charge in [-0.3, -0.25) is 4.98 Å². The van der Waals surface area contributed by atoms with E-state index >= 15 is 0 Å². The van der Waals surface area contributed by atoms with Gasteiger partial charge in [0.1, 0.15) is 5.82 Å². The summed E-state index contributed by atoms with van der Waals surface area (Å²) in [6.07, 6.45) is 3.42. The van der Waals surface area contributed by atoms with E-state index in [9.17, 15) is 0 Å². The number of anilines is 3. The molecule has 0 unspecified atom stereocenters. The molecule has 1 aromatic heterocycles. The first-order valence-electron chi connectivity index (χ1n) is 6.31. The van der Waals surface area contributed by atoms with Crippen LogP contribution in [0.4, 0.5) is 17.2 Å². The molecule has 2 aromatic carbocycles. The Morgan fingerprint density at radius 2 is 1.75 bits per heavy atom. The van der Waals surface area contributed by atoms with Gasteiger partial charge in [-0.2, -0.15) is 0 Å². The van der Waals surface area contributed by atoms with Gasteiger partial charge in [-0.1, -0.05) is 30.3 Å². The van der Waals surface area contributed by atoms with Gasteiger partial charge < -0.3 is 11.1 Å². The Morgan fingerprint density at radius 1 is 0.900 bits per heavy atom. The number of hydrogen-bond donors (Lipinski definition) is 2. The molecule has 0 amide bonds. The molecule has 3 rings (SSSR count). The minimum Gasteiger partial charge on any atom is -0.399 e. The monoisotopic (exact) mass is 262 g/mol. The van der Waals surface area contributed by atoms with Crippen LogP contribution in [0.5, 0.6) is 0 Å². The second-order valence-electron chi connectivity index (χ2n) is 4.41. The fraction of sp³-hybridized carbons (Fsp3) is 0. The summed E-state index contributed by atoms with van der Waals surface area (Å²) in [5, 5.41) is 3.22. The molecule has 3 aromatic rings. The van der Waals surface area contributed by atoms with Crippen molar-refractivity contribution in [3.63, 3.8) is 0 Å². The van der Waals surface area contributed by atoms with Gasteiger partial charge in [0.15, 0.2) is 0 Å². The lowest BCUT2D eigenvalue weighted by Gasteiger charge is -2.07. The third-order valence-electron chi connectivity index (χ3n) is 2.86. The molecule has 0 saturated carbocycles. The molecule has 0 bridgehead atoms. The van der Waals surface area contributed by atoms with Gasteiger partial charge >= 0.3 is 0 Å². The van der Waals surface area contributed by atoms with Crippen LogP contribution in [0.1, 0.15) is 0 Å². The van der Waals surface area contributed by atoms with Gasteiger partial charge in [0, 0.05) is 16.9 Å². The summed E-state index contributed by atoms with van der Waals surface area (Å²) in [6.45, 7) is 0. The summed E-state index contributed by atoms with van der Waals surface area (Å²) in [5.74, 6) is 0.705. The maximum Gasteiger partial charge on any atom is 0.149 e. The molecule has 0 aliphatic heterocycles. The number of aromatic nitrogens is 2. The Labute approximate surface area is 117 Å². The van der Waals surface area contributed by atoms with E-state index < -0.39 is 0 Å². The van der Waals surface area contributed by atoms with Crippen LogP contribution >= 0.6 is 0 Å². The number of para-hydroxylation sites is 1. The third kappa shape index (κ3) is 2.75. The first-order valence-corrected chi connectivity index (χ1v) is 6.31. The summed E-state index contributed by atoms with van der Waals surface area (Å²) in [5.41, 5.74) is 9.23. The van der Waals surface area contributed by atoms with Crippen molar-refractivity contribution in [2.45, 2.75) is 0 Å². The first kappa shape index (κ1) is 12.2. The van der Waals surface area contributed by atoms with Crippen molar-refractivity contribution in [2.75, 3.05) is 11.1 Å². The number of rotatable bonds is 3. The minimum absolute atomic E-state index is 0.705. The van der Waals surface area contributed by atoms with Crippen molar-refractivity contribution in [1.29, 1.82) is 0 Å². The van der Waals surface area contributed by atoms with Gasteiger partial charge in [0.25, 0.3) is 0 Å². The van der Waals surface area contributed by atoms with Crippen LogP contribution in [0.25, 0.3) is 11.3 Å². The predicted octanol–water partition coefficient (Wildman–Crippen LogP) is 3.47. The first-order chi connectivity index (χ1) is 9.81. The lowest BCUT2D eigenvalue weighted by molar-refractivity contribution is 1.20. The molecular weight excluding hydrogens is 248 g/mol. The van der Waals surface area contributed by atoms with Crippen LogP contribution in [0.15, 0.2) is 67.0 Å². The number of benzene rings is 2. The standard InChI is InChI=1S/C16H14N4/c17-13-6-4-5-12(9-13)15-10-18-11-16(20-15)19-14-7-2-1-3-8-14/h1-11H,17H2,(H,19,20). The van der Waals surface area contributed by atoms with Crippen LogP contribution in [0, 0.1) is 0 Å². The van der Waals surface area contributed by atoms with Crippen LogP contribution in [0.3, 0.4) is 0 Å². The SMILES string of the molecule is Nc1cccc(-c2cncc(Nc3ccccc3)n2)c1. The number of hydrogen-bond acceptors (Lipinski definition) is 4. The van der Waals surface area contributed by atoms with Crippen LogP contribution in [-0.2, 0) is 0 Å². The van der Waals surface area contributed by atoms with Gasteiger partial charge in [0.2, 0.25) is 0 Å². The Morgan fingerprint density at radius 3 is 2.55 bits per heavy atom. The van der Waals surface area contributed by atoms with Gasteiger partial charge in [-0.15, -0.1) is 0 Å². The van der Waals surface area contributed by atoms with E-state index in [4.69, 9.17) is 5.73 Å². The quantitative estimate of drug-likeness (QED) is 0.709. The van der Waals surface area contributed by atoms with Crippen molar-refractivity contribution >= 4 is 17.2 Å². The van der Waals surface area contributed by atoms with Crippen molar-refractivity contribution in [3.8, 4) is 11.3 Å². The highest BCUT2D eigenvalue weighted by Crippen LogP contribution is 2.21. The van der Waals surface area contributed by atoms with Gasteiger partial charge in [0.05, 0.1) is 18.1 Å². The fourth-order valence-corrected chi connectivity index (χ4v) is 1.93. The average Bonchev–Trinajstić information content (AvgIpc) is 2.49. The molecule has 0 aliphatic rings. The van der Waals surface area contributed by atoms with E-state index in [-0.39, 0.29) is 0 Å². The highest BCUT2D eigenvalue weighted by atomic mass is 15.0. The van der Waals surface area contributed by atoms with Gasteiger partial charge in [-0.25, -0.2) is 4.98 Å². The average molecular weight is 262 g/mol. The highest BCUT2D eigenvalue weighted by molar-refractivity contribution is 5.65. The van der Waals surface area contributed by atoms with Crippen molar-refractivity contribution < 1.29 is 0 Å². The molecule has 0 aliphatic carbocycles. The highest BCUT2D eigenvalue weighted by Gasteiger charge is 2.02. The summed E-state index contributed by atoms with van der Waals surface area (Å²) in [7, 11) is 0. The lowest BCUT2D eigenvalue weighted by atomic mass is 10.1. The molecule has 0 saturated heterocycles. The molecule has 1 heterocycles. The van der Waals surface area contributed by atoms with Crippen LogP contribution in [0.2, 0.25) is 0 Å². The van der Waals surface area contributed by atoms with E-state index in [2.05, 4.69) is 15.3 Å². The molecule has 0 atom stereocenters. The van der Waals surface area contributed by atoms with E-state index in [1.807, 2.05) is 54.6 Å². The number of nitrogens with zero attached hydrogens (tertiary/aromatic N) is 2. The number of nitrogens with two attached hydrogens (primary N) is 1. The summed E-state index contributed by atoms with van der Waals surface area (Å²) in [6, 6.07) is 17.5. The van der Waals surface area contributed by atoms with Crippen LogP contribution < -0.4 is 11.1 Å². The van der Waals surface area contributed by atoms with Gasteiger partial charge in [-0.05, 0) is 24.3 Å². The van der Waals surface area contributed by atoms with Crippen molar-refractivity contribution in [2.24, 2.45) is 0 Å². The number of nitrogens with one attached hydrogen (secondary N) is 1. The molecule has 4 heteroatoms. The Balaban J connectivity index is 1.90. The molecule has 98 valence electrons. The second-order valence-corrected chi connectivity index (χ2v) is 4.41. The molecular formula is C16H14N4. The van der Waals surface area contributed by atoms with E-state index in [1.165, 1.54) is 0 Å². The zero-order valence-corrected chi connectivity index (χ0v) is 10.8. The van der Waals surface area contributed by atoms with E-state index in [0.29, 0.717) is 11.5 Å². The molecule has 4 nitrogen and oxygen atoms in total. The largest absolute Gasteiger partial charge is 0.399 e. The topological polar surface area (TPSA) is 63.8 Å². The van der Waals surface area contributed by atoms with E-state index in [0.717, 1.165) is 16.9 Å². The Bertz CT molecular complexity index is 710. The lowest BCUT2D eigenvalue weighted by Crippen LogP contribution is -1.96. The van der Waals surface area contributed by atoms with Crippen LogP contribution in [-0.4, -0.2) is 9.97 Å². The molecule has 3 N–H and O–H groups in total. The molecule has 20 heavy (non-hydrogen) atoms. The zero-order valence-electron chi connectivity index (χ0n) is 10.8. The predicted molar refractivity (Wildman–Crippen MR) is 81.6 cm³/mol. The Hall–Kier alpha value is -2.88. The maximum absolute atomic E-state index is 5.79. The summed E-state index contributed by atoms with van der Waals surface area (Å²) >= 11 is 0. The fourth-order valence-electron chi connectivity index (χ4n) is 1.93. The number of nitrogen functional groups attached to an aromatic ring is 1. The normalized spacial score (nSPS) is 10.2. The Kier molecular flexibility index (Phi) is 3.29. The molecule has 0 radical (unpaired) electrons. The second kappa shape index (κ2) is 5.40. The maximum atomic E-state index is 5.79. The van der Waals surface area contributed by atoms with Crippen molar-refractivity contribution in [1.82, 2.24) is 9.97 Å².